The second-order valence-corrected chi connectivity index (χ2v) is 14.0. The van der Waals surface area contributed by atoms with Crippen LogP contribution in [0.4, 0.5) is 0 Å². The fraction of sp³-hybridized carbons (Fsp3) is 0.538. The van der Waals surface area contributed by atoms with Gasteiger partial charge in [0.2, 0.25) is 0 Å². The Kier molecular flexibility index (Phi) is 10.8. The van der Waals surface area contributed by atoms with Crippen LogP contribution in [-0.2, 0) is 67.2 Å². The summed E-state index contributed by atoms with van der Waals surface area (Å²) >= 11 is 0. The minimum absolute atomic E-state index is 0.274. The summed E-state index contributed by atoms with van der Waals surface area (Å²) in [4.78, 5) is 0. The molecule has 4 heterocycles. The minimum Gasteiger partial charge on any atom is -0.374 e. The molecule has 9 atom stereocenters. The van der Waals surface area contributed by atoms with Crippen molar-refractivity contribution in [2.75, 3.05) is 13.2 Å². The van der Waals surface area contributed by atoms with Gasteiger partial charge in [-0.3, -0.25) is 0 Å². The highest BCUT2D eigenvalue weighted by Gasteiger charge is 2.60. The monoisotopic (exact) mass is 676 g/mol. The average molecular weight is 677 g/mol. The minimum atomic E-state index is -0.826. The molecule has 4 aliphatic heterocycles. The van der Waals surface area contributed by atoms with Gasteiger partial charge in [-0.2, -0.15) is 0 Å². The van der Waals surface area contributed by atoms with Crippen LogP contribution in [-0.4, -0.2) is 80.1 Å². The highest BCUT2D eigenvalue weighted by Crippen LogP contribution is 2.43. The second kappa shape index (κ2) is 15.2. The molecule has 0 spiro atoms. The first-order chi connectivity index (χ1) is 23.7. The summed E-state index contributed by atoms with van der Waals surface area (Å²) in [6.45, 7) is 9.41. The molecule has 2 unspecified atom stereocenters. The van der Waals surface area contributed by atoms with Crippen molar-refractivity contribution in [1.29, 1.82) is 0 Å². The van der Waals surface area contributed by atoms with Gasteiger partial charge in [0, 0.05) is 6.42 Å². The molecular weight excluding hydrogens is 628 g/mol. The van der Waals surface area contributed by atoms with Gasteiger partial charge in [0.15, 0.2) is 24.2 Å². The lowest BCUT2D eigenvalue weighted by Gasteiger charge is -2.42. The number of ether oxygens (including phenoxy) is 10. The molecule has 0 saturated carbocycles. The zero-order valence-electron chi connectivity index (χ0n) is 28.7. The molecule has 0 aliphatic carbocycles. The van der Waals surface area contributed by atoms with E-state index in [1.54, 1.807) is 0 Å². The molecule has 49 heavy (non-hydrogen) atoms. The predicted octanol–water partition coefficient (Wildman–Crippen LogP) is 5.90. The Hall–Kier alpha value is -2.74. The Morgan fingerprint density at radius 1 is 0.633 bits per heavy atom. The van der Waals surface area contributed by atoms with Gasteiger partial charge in [0.1, 0.15) is 36.6 Å². The molecule has 3 aromatic carbocycles. The fourth-order valence-corrected chi connectivity index (χ4v) is 6.91. The third-order valence-corrected chi connectivity index (χ3v) is 9.20. The van der Waals surface area contributed by atoms with Crippen LogP contribution in [0.15, 0.2) is 91.0 Å². The van der Waals surface area contributed by atoms with E-state index in [9.17, 15) is 0 Å². The van der Waals surface area contributed by atoms with Gasteiger partial charge in [0.25, 0.3) is 0 Å². The van der Waals surface area contributed by atoms with Crippen LogP contribution in [0.25, 0.3) is 0 Å². The SMILES string of the molecule is CC1(C)O[C@H]2O[C@H]([C@H]3COC(C)(C)O3)[C@H](O[C@H]3C[C@@H](OCc4ccccc4)C(OCc4ccccc4)C(COCc4ccccc4)O3)[C@H]2O1. The molecule has 0 radical (unpaired) electrons. The standard InChI is InChI=1S/C39H48O10/c1-38(2)43-25-31(47-38)34-35(36-37(46-34)49-39(3,4)48-36)45-32-20-29(41-22-27-16-10-6-11-17-27)33(42-23-28-18-12-7-13-19-28)30(44-32)24-40-21-26-14-8-5-9-15-26/h5-19,29-37H,20-25H2,1-4H3/t29-,30?,31-,32+,33?,34-,35+,36-,37-/m1/s1. The van der Waals surface area contributed by atoms with Crippen LogP contribution in [0.2, 0.25) is 0 Å². The zero-order valence-corrected chi connectivity index (χ0v) is 28.7. The Labute approximate surface area is 288 Å². The lowest BCUT2D eigenvalue weighted by atomic mass is 10.00. The van der Waals surface area contributed by atoms with E-state index in [1.165, 1.54) is 0 Å². The van der Waals surface area contributed by atoms with Crippen molar-refractivity contribution in [2.24, 2.45) is 0 Å². The highest BCUT2D eigenvalue weighted by molar-refractivity contribution is 5.15. The first-order valence-corrected chi connectivity index (χ1v) is 17.3. The average Bonchev–Trinajstić information content (AvgIpc) is 3.72. The smallest absolute Gasteiger partial charge is 0.190 e. The molecule has 4 fully saturated rings. The van der Waals surface area contributed by atoms with E-state index in [1.807, 2.05) is 107 Å². The summed E-state index contributed by atoms with van der Waals surface area (Å²) < 4.78 is 64.2. The molecule has 4 aliphatic rings. The summed E-state index contributed by atoms with van der Waals surface area (Å²) in [5.41, 5.74) is 3.20. The lowest BCUT2D eigenvalue weighted by molar-refractivity contribution is -0.305. The maximum atomic E-state index is 6.86. The van der Waals surface area contributed by atoms with Crippen LogP contribution >= 0.6 is 0 Å². The number of fused-ring (bicyclic) bond motifs is 1. The van der Waals surface area contributed by atoms with E-state index < -0.39 is 54.7 Å². The van der Waals surface area contributed by atoms with Crippen molar-refractivity contribution in [2.45, 2.75) is 121 Å². The lowest BCUT2D eigenvalue weighted by Crippen LogP contribution is -2.55. The summed E-state index contributed by atoms with van der Waals surface area (Å²) in [6, 6.07) is 30.3. The highest BCUT2D eigenvalue weighted by atomic mass is 16.9. The second-order valence-electron chi connectivity index (χ2n) is 14.0. The summed E-state index contributed by atoms with van der Waals surface area (Å²) in [5, 5.41) is 0. The summed E-state index contributed by atoms with van der Waals surface area (Å²) in [6.07, 6.45) is -4.08. The van der Waals surface area contributed by atoms with E-state index >= 15 is 0 Å². The van der Waals surface area contributed by atoms with Gasteiger partial charge in [-0.15, -0.1) is 0 Å². The number of benzene rings is 3. The number of rotatable bonds is 13. The van der Waals surface area contributed by atoms with Crippen LogP contribution in [0, 0.1) is 0 Å². The van der Waals surface area contributed by atoms with Gasteiger partial charge in [0.05, 0.1) is 39.1 Å². The van der Waals surface area contributed by atoms with Crippen LogP contribution in [0.3, 0.4) is 0 Å². The molecule has 0 aromatic heterocycles. The van der Waals surface area contributed by atoms with Crippen molar-refractivity contribution in [3.05, 3.63) is 108 Å². The summed E-state index contributed by atoms with van der Waals surface area (Å²) in [7, 11) is 0. The maximum Gasteiger partial charge on any atom is 0.190 e. The van der Waals surface area contributed by atoms with Gasteiger partial charge < -0.3 is 47.4 Å². The Morgan fingerprint density at radius 3 is 1.86 bits per heavy atom. The quantitative estimate of drug-likeness (QED) is 0.218. The normalized spacial score (nSPS) is 33.4. The maximum absolute atomic E-state index is 6.86. The summed E-state index contributed by atoms with van der Waals surface area (Å²) in [5.74, 6) is -1.56. The number of hydrogen-bond acceptors (Lipinski definition) is 10. The largest absolute Gasteiger partial charge is 0.374 e. The first-order valence-electron chi connectivity index (χ1n) is 17.3. The van der Waals surface area contributed by atoms with Crippen LogP contribution in [0.1, 0.15) is 50.8 Å². The van der Waals surface area contributed by atoms with Crippen molar-refractivity contribution < 1.29 is 47.4 Å². The van der Waals surface area contributed by atoms with E-state index in [-0.39, 0.29) is 18.8 Å². The molecule has 0 N–H and O–H groups in total. The van der Waals surface area contributed by atoms with Crippen molar-refractivity contribution in [3.63, 3.8) is 0 Å². The Morgan fingerprint density at radius 2 is 1.24 bits per heavy atom. The van der Waals surface area contributed by atoms with E-state index in [2.05, 4.69) is 12.1 Å². The molecule has 10 nitrogen and oxygen atoms in total. The predicted molar refractivity (Wildman–Crippen MR) is 178 cm³/mol. The van der Waals surface area contributed by atoms with Gasteiger partial charge in [-0.05, 0) is 44.4 Å². The van der Waals surface area contributed by atoms with E-state index in [0.29, 0.717) is 32.8 Å². The van der Waals surface area contributed by atoms with Crippen LogP contribution in [0.5, 0.6) is 0 Å². The van der Waals surface area contributed by atoms with Crippen molar-refractivity contribution in [3.8, 4) is 0 Å². The molecular formula is C39H48O10. The molecule has 3 aromatic rings. The molecule has 4 saturated heterocycles. The third kappa shape index (κ3) is 8.77. The van der Waals surface area contributed by atoms with Gasteiger partial charge >= 0.3 is 0 Å². The number of hydrogen-bond donors (Lipinski definition) is 0. The van der Waals surface area contributed by atoms with E-state index in [0.717, 1.165) is 16.7 Å². The molecule has 7 rings (SSSR count). The first kappa shape index (κ1) is 34.7. The third-order valence-electron chi connectivity index (χ3n) is 9.20. The zero-order chi connectivity index (χ0) is 33.8. The Bertz CT molecular complexity index is 1450. The molecule has 10 heteroatoms. The Balaban J connectivity index is 1.13. The van der Waals surface area contributed by atoms with Gasteiger partial charge in [-0.25, -0.2) is 0 Å². The molecule has 264 valence electrons. The molecule has 0 bridgehead atoms. The van der Waals surface area contributed by atoms with Crippen molar-refractivity contribution in [1.82, 2.24) is 0 Å². The van der Waals surface area contributed by atoms with Crippen molar-refractivity contribution >= 4 is 0 Å². The van der Waals surface area contributed by atoms with Gasteiger partial charge in [-0.1, -0.05) is 91.0 Å². The molecule has 0 amide bonds. The topological polar surface area (TPSA) is 92.3 Å². The van der Waals surface area contributed by atoms with Crippen LogP contribution < -0.4 is 0 Å². The van der Waals surface area contributed by atoms with E-state index in [4.69, 9.17) is 47.4 Å². The fourth-order valence-electron chi connectivity index (χ4n) is 6.91.